The lowest BCUT2D eigenvalue weighted by Crippen LogP contribution is -2.68. The molecule has 0 aliphatic heterocycles. The van der Waals surface area contributed by atoms with E-state index in [1.807, 2.05) is 0 Å². The molecule has 0 nitrogen and oxygen atoms in total. The maximum absolute atomic E-state index is 13.2. The molecule has 0 rings (SSSR count). The van der Waals surface area contributed by atoms with Crippen molar-refractivity contribution in [3.05, 3.63) is 0 Å². The summed E-state index contributed by atoms with van der Waals surface area (Å²) in [6.45, 7) is 0. The monoisotopic (exact) mass is 460 g/mol. The molecule has 0 aliphatic rings. The predicted molar refractivity (Wildman–Crippen MR) is 64.1 cm³/mol. The molecule has 0 aromatic carbocycles. The van der Waals surface area contributed by atoms with Gasteiger partial charge in [-0.25, -0.2) is 8.78 Å². The largest absolute Gasteiger partial charge is 0.389 e. The summed E-state index contributed by atoms with van der Waals surface area (Å²) < 4.78 is 165. The Kier molecular flexibility index (Phi) is 7.10. The van der Waals surface area contributed by atoms with E-state index in [1.54, 1.807) is 0 Å². The van der Waals surface area contributed by atoms with Crippen molar-refractivity contribution in [1.29, 1.82) is 0 Å². The molecule has 0 aromatic heterocycles. The molecule has 0 unspecified atom stereocenters. The molecule has 0 saturated heterocycles. The Labute approximate surface area is 143 Å². The van der Waals surface area contributed by atoms with E-state index in [0.717, 1.165) is 0 Å². The summed E-state index contributed by atoms with van der Waals surface area (Å²) in [5.41, 5.74) is -5.94. The average Bonchev–Trinajstić information content (AvgIpc) is 2.33. The smallest absolute Gasteiger partial charge is 0.206 e. The van der Waals surface area contributed by atoms with Crippen LogP contribution in [0.4, 0.5) is 57.1 Å². The Balaban J connectivity index is 5.85. The van der Waals surface area contributed by atoms with Gasteiger partial charge in [0.2, 0.25) is 0 Å². The van der Waals surface area contributed by atoms with Gasteiger partial charge in [0, 0.05) is 12.8 Å². The zero-order chi connectivity index (χ0) is 20.7. The Morgan fingerprint density at radius 1 is 0.600 bits per heavy atom. The molecular weight excluding hydrogens is 454 g/mol. The zero-order valence-corrected chi connectivity index (χ0v) is 14.3. The molecule has 0 spiro atoms. The first kappa shape index (κ1) is 24.9. The fraction of sp³-hybridized carbons (Fsp3) is 1.00. The molecular formula is C9H7Cl2F13Si. The number of rotatable bonds is 8. The van der Waals surface area contributed by atoms with Crippen LogP contribution in [0.5, 0.6) is 0 Å². The van der Waals surface area contributed by atoms with Gasteiger partial charge in [-0.3, -0.25) is 0 Å². The van der Waals surface area contributed by atoms with Crippen molar-refractivity contribution in [1.82, 2.24) is 0 Å². The van der Waals surface area contributed by atoms with Crippen LogP contribution in [0.2, 0.25) is 0 Å². The highest BCUT2D eigenvalue weighted by atomic mass is 35.5. The van der Waals surface area contributed by atoms with Crippen LogP contribution < -0.4 is 0 Å². The van der Waals surface area contributed by atoms with Crippen LogP contribution in [-0.4, -0.2) is 49.4 Å². The Morgan fingerprint density at radius 3 is 1.32 bits per heavy atom. The van der Waals surface area contributed by atoms with Crippen molar-refractivity contribution in [2.75, 3.05) is 0 Å². The minimum Gasteiger partial charge on any atom is -0.206 e. The highest BCUT2D eigenvalue weighted by Gasteiger charge is 2.85. The van der Waals surface area contributed by atoms with Crippen LogP contribution in [0.1, 0.15) is 12.8 Å². The SMILES string of the molecule is FC(F)(F)CCC(F)(F)C(F)(F)C(F)(F)C(F)(F)C(F)(F)[SiH2]C(Cl)Cl. The first-order valence-corrected chi connectivity index (χ1v) is 8.26. The summed E-state index contributed by atoms with van der Waals surface area (Å²) in [6.07, 6.45) is -11.3. The van der Waals surface area contributed by atoms with E-state index in [2.05, 4.69) is 0 Å². The predicted octanol–water partition coefficient (Wildman–Crippen LogP) is 5.39. The third kappa shape index (κ3) is 4.99. The van der Waals surface area contributed by atoms with Crippen LogP contribution in [0.3, 0.4) is 0 Å². The normalized spacial score (nSPS) is 16.3. The van der Waals surface area contributed by atoms with Gasteiger partial charge in [-0.2, -0.15) is 48.3 Å². The van der Waals surface area contributed by atoms with E-state index in [0.29, 0.717) is 0 Å². The molecule has 152 valence electrons. The Bertz CT molecular complexity index is 459. The molecule has 16 heteroatoms. The van der Waals surface area contributed by atoms with Gasteiger partial charge in [0.25, 0.3) is 5.55 Å². The quantitative estimate of drug-likeness (QED) is 0.258. The number of halogens is 15. The summed E-state index contributed by atoms with van der Waals surface area (Å²) >= 11 is 9.46. The number of alkyl halides is 15. The van der Waals surface area contributed by atoms with Gasteiger partial charge in [0.1, 0.15) is 0 Å². The van der Waals surface area contributed by atoms with Crippen LogP contribution in [0, 0.1) is 0 Å². The van der Waals surface area contributed by atoms with Gasteiger partial charge in [0.15, 0.2) is 9.52 Å². The molecule has 25 heavy (non-hydrogen) atoms. The second-order valence-electron chi connectivity index (χ2n) is 4.84. The average molecular weight is 461 g/mol. The van der Waals surface area contributed by atoms with Crippen LogP contribution >= 0.6 is 23.2 Å². The van der Waals surface area contributed by atoms with Crippen molar-refractivity contribution in [2.45, 2.75) is 52.7 Å². The maximum Gasteiger partial charge on any atom is 0.389 e. The second kappa shape index (κ2) is 7.13. The Morgan fingerprint density at radius 2 is 1.00 bits per heavy atom. The van der Waals surface area contributed by atoms with Gasteiger partial charge in [0.05, 0.1) is 4.46 Å². The highest BCUT2D eigenvalue weighted by Crippen LogP contribution is 2.58. The summed E-state index contributed by atoms with van der Waals surface area (Å²) in [5, 5.41) is 0. The standard InChI is InChI=1S/C9H7Cl2F13Si/c10-3(11)25-9(23,24)8(21,22)7(19,20)6(17,18)4(12,13)1-2-5(14,15)16/h3H,1-2,25H2. The molecule has 0 aromatic rings. The van der Waals surface area contributed by atoms with E-state index in [1.165, 1.54) is 0 Å². The van der Waals surface area contributed by atoms with Gasteiger partial charge in [-0.05, 0) is 0 Å². The van der Waals surface area contributed by atoms with Crippen molar-refractivity contribution in [3.8, 4) is 0 Å². The molecule has 0 bridgehead atoms. The molecule has 0 heterocycles. The summed E-state index contributed by atoms with van der Waals surface area (Å²) in [7, 11) is -3.94. The van der Waals surface area contributed by atoms with Crippen LogP contribution in [0.15, 0.2) is 0 Å². The third-order valence-corrected chi connectivity index (χ3v) is 5.03. The summed E-state index contributed by atoms with van der Waals surface area (Å²) in [5.74, 6) is -28.0. The van der Waals surface area contributed by atoms with E-state index in [4.69, 9.17) is 23.2 Å². The third-order valence-electron chi connectivity index (χ3n) is 2.84. The minimum absolute atomic E-state index is 2.32. The molecule has 0 fully saturated rings. The first-order chi connectivity index (χ1) is 10.6. The summed E-state index contributed by atoms with van der Waals surface area (Å²) in [4.78, 5) is 0. The second-order valence-corrected chi connectivity index (χ2v) is 9.27. The van der Waals surface area contributed by atoms with Gasteiger partial charge >= 0.3 is 29.9 Å². The van der Waals surface area contributed by atoms with E-state index in [-0.39, 0.29) is 0 Å². The van der Waals surface area contributed by atoms with E-state index in [9.17, 15) is 57.1 Å². The molecule has 0 radical (unpaired) electrons. The van der Waals surface area contributed by atoms with Crippen molar-refractivity contribution in [2.24, 2.45) is 0 Å². The molecule has 0 atom stereocenters. The van der Waals surface area contributed by atoms with Crippen molar-refractivity contribution in [3.63, 3.8) is 0 Å². The molecule has 0 saturated carbocycles. The molecule has 0 aliphatic carbocycles. The van der Waals surface area contributed by atoms with Gasteiger partial charge in [-0.1, -0.05) is 0 Å². The lowest BCUT2D eigenvalue weighted by Gasteiger charge is -2.39. The zero-order valence-electron chi connectivity index (χ0n) is 11.4. The van der Waals surface area contributed by atoms with Crippen LogP contribution in [0.25, 0.3) is 0 Å². The topological polar surface area (TPSA) is 0 Å². The van der Waals surface area contributed by atoms with Gasteiger partial charge < -0.3 is 0 Å². The highest BCUT2D eigenvalue weighted by molar-refractivity contribution is 6.69. The molecule has 0 N–H and O–H groups in total. The summed E-state index contributed by atoms with van der Waals surface area (Å²) in [6, 6.07) is 0. The number of hydrogen-bond donors (Lipinski definition) is 0. The minimum atomic E-state index is -7.39. The number of hydrogen-bond acceptors (Lipinski definition) is 0. The van der Waals surface area contributed by atoms with Gasteiger partial charge in [-0.15, -0.1) is 23.2 Å². The van der Waals surface area contributed by atoms with Crippen molar-refractivity contribution < 1.29 is 57.1 Å². The fourth-order valence-corrected chi connectivity index (χ4v) is 3.46. The van der Waals surface area contributed by atoms with Crippen LogP contribution in [-0.2, 0) is 0 Å². The molecule has 0 amide bonds. The lowest BCUT2D eigenvalue weighted by molar-refractivity contribution is -0.392. The fourth-order valence-electron chi connectivity index (χ4n) is 1.43. The Hall–Kier alpha value is -0.113. The lowest BCUT2D eigenvalue weighted by atomic mass is 9.95. The maximum atomic E-state index is 13.2. The first-order valence-electron chi connectivity index (χ1n) is 5.86. The van der Waals surface area contributed by atoms with E-state index < -0.39 is 62.2 Å². The van der Waals surface area contributed by atoms with Crippen molar-refractivity contribution >= 4 is 32.7 Å². The van der Waals surface area contributed by atoms with E-state index >= 15 is 0 Å².